The molecule has 96 valence electrons. The highest BCUT2D eigenvalue weighted by Gasteiger charge is 2.51. The Hall–Kier alpha value is -2.29. The Morgan fingerprint density at radius 2 is 1.79 bits per heavy atom. The fraction of sp³-hybridized carbons (Fsp3) is 0.188. The SMILES string of the molecule is O=C(Nc1cccc(O)c1)C1(c2ccccc2)CC1. The number of phenols is 1. The molecule has 19 heavy (non-hydrogen) atoms. The summed E-state index contributed by atoms with van der Waals surface area (Å²) in [5.74, 6) is 0.159. The molecule has 1 amide bonds. The quantitative estimate of drug-likeness (QED) is 0.883. The van der Waals surface area contributed by atoms with Gasteiger partial charge in [0.2, 0.25) is 5.91 Å². The highest BCUT2D eigenvalue weighted by atomic mass is 16.3. The van der Waals surface area contributed by atoms with Crippen molar-refractivity contribution in [3.8, 4) is 5.75 Å². The van der Waals surface area contributed by atoms with Gasteiger partial charge in [-0.15, -0.1) is 0 Å². The van der Waals surface area contributed by atoms with Gasteiger partial charge in [0.1, 0.15) is 5.75 Å². The fourth-order valence-electron chi connectivity index (χ4n) is 2.36. The van der Waals surface area contributed by atoms with Gasteiger partial charge in [0.25, 0.3) is 0 Å². The van der Waals surface area contributed by atoms with Crippen molar-refractivity contribution in [2.75, 3.05) is 5.32 Å². The van der Waals surface area contributed by atoms with Crippen molar-refractivity contribution in [1.29, 1.82) is 0 Å². The smallest absolute Gasteiger partial charge is 0.235 e. The van der Waals surface area contributed by atoms with Crippen molar-refractivity contribution in [2.45, 2.75) is 18.3 Å². The zero-order chi connectivity index (χ0) is 13.3. The number of carbonyl (C=O) groups is 1. The second-order valence-corrected chi connectivity index (χ2v) is 4.95. The number of carbonyl (C=O) groups excluding carboxylic acids is 1. The molecule has 2 aromatic rings. The Kier molecular flexibility index (Phi) is 2.75. The van der Waals surface area contributed by atoms with Gasteiger partial charge in [0.05, 0.1) is 5.41 Å². The average molecular weight is 253 g/mol. The summed E-state index contributed by atoms with van der Waals surface area (Å²) >= 11 is 0. The van der Waals surface area contributed by atoms with Gasteiger partial charge in [-0.05, 0) is 30.5 Å². The van der Waals surface area contributed by atoms with Crippen molar-refractivity contribution < 1.29 is 9.90 Å². The first-order valence-corrected chi connectivity index (χ1v) is 6.37. The topological polar surface area (TPSA) is 49.3 Å². The lowest BCUT2D eigenvalue weighted by molar-refractivity contribution is -0.118. The molecule has 0 aliphatic heterocycles. The van der Waals surface area contributed by atoms with Crippen molar-refractivity contribution in [3.63, 3.8) is 0 Å². The van der Waals surface area contributed by atoms with Crippen LogP contribution in [0, 0.1) is 0 Å². The Morgan fingerprint density at radius 1 is 1.05 bits per heavy atom. The number of phenolic OH excluding ortho intramolecular Hbond substituents is 1. The van der Waals surface area contributed by atoms with E-state index in [9.17, 15) is 9.90 Å². The number of benzene rings is 2. The molecule has 3 heteroatoms. The number of hydrogen-bond acceptors (Lipinski definition) is 2. The fourth-order valence-corrected chi connectivity index (χ4v) is 2.36. The largest absolute Gasteiger partial charge is 0.508 e. The highest BCUT2D eigenvalue weighted by Crippen LogP contribution is 2.48. The van der Waals surface area contributed by atoms with Gasteiger partial charge in [-0.2, -0.15) is 0 Å². The minimum atomic E-state index is -0.382. The molecule has 0 saturated heterocycles. The van der Waals surface area contributed by atoms with E-state index >= 15 is 0 Å². The molecular weight excluding hydrogens is 238 g/mol. The molecule has 0 heterocycles. The predicted molar refractivity (Wildman–Crippen MR) is 74.1 cm³/mol. The third kappa shape index (κ3) is 2.19. The van der Waals surface area contributed by atoms with Crippen LogP contribution < -0.4 is 5.32 Å². The van der Waals surface area contributed by atoms with Gasteiger partial charge in [-0.1, -0.05) is 36.4 Å². The van der Waals surface area contributed by atoms with Gasteiger partial charge in [-0.3, -0.25) is 4.79 Å². The van der Waals surface area contributed by atoms with E-state index < -0.39 is 0 Å². The highest BCUT2D eigenvalue weighted by molar-refractivity contribution is 6.01. The third-order valence-electron chi connectivity index (χ3n) is 3.62. The lowest BCUT2D eigenvalue weighted by Crippen LogP contribution is -2.27. The molecule has 3 rings (SSSR count). The lowest BCUT2D eigenvalue weighted by atomic mass is 9.95. The summed E-state index contributed by atoms with van der Waals surface area (Å²) in [7, 11) is 0. The van der Waals surface area contributed by atoms with Gasteiger partial charge in [0.15, 0.2) is 0 Å². The first kappa shape index (κ1) is 11.8. The maximum atomic E-state index is 12.4. The zero-order valence-electron chi connectivity index (χ0n) is 10.5. The van der Waals surface area contributed by atoms with Gasteiger partial charge >= 0.3 is 0 Å². The molecule has 0 atom stereocenters. The lowest BCUT2D eigenvalue weighted by Gasteiger charge is -2.15. The number of hydrogen-bond donors (Lipinski definition) is 2. The second-order valence-electron chi connectivity index (χ2n) is 4.95. The van der Waals surface area contributed by atoms with Crippen molar-refractivity contribution in [3.05, 3.63) is 60.2 Å². The molecule has 0 unspecified atom stereocenters. The van der Waals surface area contributed by atoms with E-state index in [1.165, 1.54) is 0 Å². The Labute approximate surface area is 111 Å². The molecule has 3 nitrogen and oxygen atoms in total. The molecule has 0 radical (unpaired) electrons. The zero-order valence-corrected chi connectivity index (χ0v) is 10.5. The molecule has 0 aromatic heterocycles. The van der Waals surface area contributed by atoms with Gasteiger partial charge in [0, 0.05) is 11.8 Å². The van der Waals surface area contributed by atoms with Crippen LogP contribution in [-0.2, 0) is 10.2 Å². The maximum Gasteiger partial charge on any atom is 0.235 e. The summed E-state index contributed by atoms with van der Waals surface area (Å²) in [6.45, 7) is 0. The minimum absolute atomic E-state index is 0.00398. The monoisotopic (exact) mass is 253 g/mol. The van der Waals surface area contributed by atoms with E-state index in [1.807, 2.05) is 30.3 Å². The molecule has 1 aliphatic carbocycles. The van der Waals surface area contributed by atoms with Crippen LogP contribution in [0.5, 0.6) is 5.75 Å². The van der Waals surface area contributed by atoms with Crippen LogP contribution in [0.25, 0.3) is 0 Å². The molecule has 2 aromatic carbocycles. The van der Waals surface area contributed by atoms with Crippen LogP contribution in [0.15, 0.2) is 54.6 Å². The molecule has 1 saturated carbocycles. The first-order valence-electron chi connectivity index (χ1n) is 6.37. The molecule has 0 bridgehead atoms. The number of anilines is 1. The van der Waals surface area contributed by atoms with E-state index in [1.54, 1.807) is 24.3 Å². The summed E-state index contributed by atoms with van der Waals surface area (Å²) in [5.41, 5.74) is 1.31. The Morgan fingerprint density at radius 3 is 2.42 bits per heavy atom. The molecule has 1 aliphatic rings. The van der Waals surface area contributed by atoms with E-state index in [-0.39, 0.29) is 17.1 Å². The summed E-state index contributed by atoms with van der Waals surface area (Å²) in [6.07, 6.45) is 1.75. The summed E-state index contributed by atoms with van der Waals surface area (Å²) in [4.78, 5) is 12.4. The summed E-state index contributed by atoms with van der Waals surface area (Å²) < 4.78 is 0. The van der Waals surface area contributed by atoms with Crippen LogP contribution in [0.2, 0.25) is 0 Å². The van der Waals surface area contributed by atoms with Crippen LogP contribution in [0.3, 0.4) is 0 Å². The van der Waals surface area contributed by atoms with Crippen LogP contribution in [-0.4, -0.2) is 11.0 Å². The van der Waals surface area contributed by atoms with E-state index in [0.717, 1.165) is 18.4 Å². The molecular formula is C16H15NO2. The summed E-state index contributed by atoms with van der Waals surface area (Å²) in [5, 5.41) is 12.3. The van der Waals surface area contributed by atoms with Crippen LogP contribution >= 0.6 is 0 Å². The first-order chi connectivity index (χ1) is 9.21. The number of amides is 1. The molecule has 1 fully saturated rings. The number of nitrogens with one attached hydrogen (secondary N) is 1. The molecule has 2 N–H and O–H groups in total. The van der Waals surface area contributed by atoms with Crippen LogP contribution in [0.4, 0.5) is 5.69 Å². The number of rotatable bonds is 3. The predicted octanol–water partition coefficient (Wildman–Crippen LogP) is 3.06. The van der Waals surface area contributed by atoms with Crippen molar-refractivity contribution >= 4 is 11.6 Å². The molecule has 0 spiro atoms. The average Bonchev–Trinajstić information content (AvgIpc) is 3.21. The standard InChI is InChI=1S/C16H15NO2/c18-14-8-4-7-13(11-14)17-15(19)16(9-10-16)12-5-2-1-3-6-12/h1-8,11,18H,9-10H2,(H,17,19). The van der Waals surface area contributed by atoms with Crippen LogP contribution in [0.1, 0.15) is 18.4 Å². The summed E-state index contributed by atoms with van der Waals surface area (Å²) in [6, 6.07) is 16.5. The number of aromatic hydroxyl groups is 1. The Balaban J connectivity index is 1.82. The Bertz CT molecular complexity index is 603. The third-order valence-corrected chi connectivity index (χ3v) is 3.62. The maximum absolute atomic E-state index is 12.4. The van der Waals surface area contributed by atoms with Crippen molar-refractivity contribution in [1.82, 2.24) is 0 Å². The van der Waals surface area contributed by atoms with E-state index in [2.05, 4.69) is 5.32 Å². The minimum Gasteiger partial charge on any atom is -0.508 e. The van der Waals surface area contributed by atoms with Gasteiger partial charge < -0.3 is 10.4 Å². The van der Waals surface area contributed by atoms with Gasteiger partial charge in [-0.25, -0.2) is 0 Å². The van der Waals surface area contributed by atoms with Crippen molar-refractivity contribution in [2.24, 2.45) is 0 Å². The van der Waals surface area contributed by atoms with E-state index in [0.29, 0.717) is 5.69 Å². The van der Waals surface area contributed by atoms with E-state index in [4.69, 9.17) is 0 Å². The normalized spacial score (nSPS) is 15.8. The second kappa shape index (κ2) is 4.43.